The first kappa shape index (κ1) is 16.1. The maximum atomic E-state index is 6.34. The summed E-state index contributed by atoms with van der Waals surface area (Å²) in [5, 5.41) is 2.18. The third kappa shape index (κ3) is 2.29. The van der Waals surface area contributed by atoms with E-state index in [4.69, 9.17) is 9.40 Å². The molecule has 0 spiro atoms. The highest BCUT2D eigenvalue weighted by atomic mass is 16.3. The van der Waals surface area contributed by atoms with Gasteiger partial charge in [-0.25, -0.2) is 4.98 Å². The van der Waals surface area contributed by atoms with Gasteiger partial charge < -0.3 is 8.98 Å². The number of rotatable bonds is 2. The van der Waals surface area contributed by atoms with E-state index < -0.39 is 0 Å². The largest absolute Gasteiger partial charge is 0.455 e. The van der Waals surface area contributed by atoms with Crippen molar-refractivity contribution in [3.05, 3.63) is 59.9 Å². The lowest BCUT2D eigenvalue weighted by Gasteiger charge is -2.13. The summed E-state index contributed by atoms with van der Waals surface area (Å²) in [5.74, 6) is 0.944. The molecular weight excluding hydrogens is 334 g/mol. The monoisotopic (exact) mass is 355 g/mol. The summed E-state index contributed by atoms with van der Waals surface area (Å²) in [6.07, 6.45) is 1.92. The number of nitrogens with zero attached hydrogens (tertiary/aromatic N) is 3. The van der Waals surface area contributed by atoms with E-state index in [2.05, 4.69) is 60.7 Å². The van der Waals surface area contributed by atoms with Gasteiger partial charge in [0.05, 0.1) is 16.6 Å². The Morgan fingerprint density at radius 1 is 1.04 bits per heavy atom. The maximum absolute atomic E-state index is 6.34. The number of pyridine rings is 1. The normalized spacial score (nSPS) is 12.0. The van der Waals surface area contributed by atoms with E-state index in [0.29, 0.717) is 0 Å². The molecule has 4 nitrogen and oxygen atoms in total. The van der Waals surface area contributed by atoms with Crippen molar-refractivity contribution in [2.24, 2.45) is 0 Å². The number of imidazole rings is 1. The summed E-state index contributed by atoms with van der Waals surface area (Å²) in [5.41, 5.74) is 7.07. The van der Waals surface area contributed by atoms with E-state index >= 15 is 0 Å². The van der Waals surface area contributed by atoms with Gasteiger partial charge in [-0.3, -0.25) is 4.98 Å². The number of fused-ring (bicyclic) bond motifs is 4. The molecule has 4 heteroatoms. The molecule has 0 bridgehead atoms. The quantitative estimate of drug-likeness (QED) is 0.379. The molecule has 0 amide bonds. The van der Waals surface area contributed by atoms with Gasteiger partial charge in [-0.1, -0.05) is 18.2 Å². The second kappa shape index (κ2) is 5.68. The summed E-state index contributed by atoms with van der Waals surface area (Å²) in [6, 6.07) is 14.9. The molecule has 0 atom stereocenters. The molecule has 2 aromatic carbocycles. The van der Waals surface area contributed by atoms with Crippen molar-refractivity contribution in [2.75, 3.05) is 0 Å². The molecule has 0 radical (unpaired) electrons. The molecule has 5 rings (SSSR count). The number of furan rings is 1. The van der Waals surface area contributed by atoms with E-state index in [-0.39, 0.29) is 6.04 Å². The van der Waals surface area contributed by atoms with Gasteiger partial charge in [0.15, 0.2) is 0 Å². The highest BCUT2D eigenvalue weighted by Gasteiger charge is 2.20. The number of hydrogen-bond acceptors (Lipinski definition) is 3. The van der Waals surface area contributed by atoms with Gasteiger partial charge in [-0.05, 0) is 51.5 Å². The van der Waals surface area contributed by atoms with Crippen LogP contribution in [0.15, 0.2) is 53.1 Å². The summed E-state index contributed by atoms with van der Waals surface area (Å²) in [4.78, 5) is 9.43. The summed E-state index contributed by atoms with van der Waals surface area (Å²) in [6.45, 7) is 8.48. The minimum Gasteiger partial charge on any atom is -0.455 e. The summed E-state index contributed by atoms with van der Waals surface area (Å²) in [7, 11) is 0. The molecule has 0 saturated carbocycles. The van der Waals surface area contributed by atoms with Crippen molar-refractivity contribution in [3.8, 4) is 11.4 Å². The fourth-order valence-electron chi connectivity index (χ4n) is 3.97. The zero-order valence-electron chi connectivity index (χ0n) is 15.9. The Hall–Kier alpha value is -3.14. The highest BCUT2D eigenvalue weighted by Crippen LogP contribution is 2.39. The van der Waals surface area contributed by atoms with E-state index in [0.717, 1.165) is 50.1 Å². The fourth-order valence-corrected chi connectivity index (χ4v) is 3.97. The van der Waals surface area contributed by atoms with Crippen LogP contribution in [0.2, 0.25) is 0 Å². The Balaban J connectivity index is 1.92. The van der Waals surface area contributed by atoms with Crippen molar-refractivity contribution in [1.82, 2.24) is 14.5 Å². The molecule has 0 unspecified atom stereocenters. The Kier molecular flexibility index (Phi) is 3.38. The topological polar surface area (TPSA) is 43.9 Å². The molecule has 134 valence electrons. The van der Waals surface area contributed by atoms with Crippen LogP contribution in [0.5, 0.6) is 0 Å². The van der Waals surface area contributed by atoms with Crippen LogP contribution < -0.4 is 0 Å². The van der Waals surface area contributed by atoms with Crippen molar-refractivity contribution < 1.29 is 4.42 Å². The Bertz CT molecular complexity index is 1320. The third-order valence-electron chi connectivity index (χ3n) is 5.20. The van der Waals surface area contributed by atoms with E-state index in [1.54, 1.807) is 0 Å². The average molecular weight is 355 g/mol. The van der Waals surface area contributed by atoms with Crippen molar-refractivity contribution in [3.63, 3.8) is 0 Å². The number of benzene rings is 2. The standard InChI is InChI=1S/C23H21N3O/c1-13(2)26-19-8-6-5-7-18(19)25-23(26)16-10-9-14(3)21-17-12-24-15(4)11-20(17)27-22(16)21/h5-13H,1-4H3. The summed E-state index contributed by atoms with van der Waals surface area (Å²) < 4.78 is 8.62. The second-order valence-corrected chi connectivity index (χ2v) is 7.45. The van der Waals surface area contributed by atoms with Crippen LogP contribution in [0.25, 0.3) is 44.4 Å². The summed E-state index contributed by atoms with van der Waals surface area (Å²) >= 11 is 0. The minimum absolute atomic E-state index is 0.289. The van der Waals surface area contributed by atoms with Crippen LogP contribution in [0.4, 0.5) is 0 Å². The minimum atomic E-state index is 0.289. The first-order valence-electron chi connectivity index (χ1n) is 9.30. The first-order chi connectivity index (χ1) is 13.0. The van der Waals surface area contributed by atoms with Gasteiger partial charge in [0.1, 0.15) is 17.0 Å². The fraction of sp³-hybridized carbons (Fsp3) is 0.217. The van der Waals surface area contributed by atoms with Crippen LogP contribution >= 0.6 is 0 Å². The lowest BCUT2D eigenvalue weighted by molar-refractivity contribution is 0.622. The van der Waals surface area contributed by atoms with Gasteiger partial charge in [0.25, 0.3) is 0 Å². The molecule has 0 aliphatic rings. The van der Waals surface area contributed by atoms with Gasteiger partial charge in [0.2, 0.25) is 0 Å². The van der Waals surface area contributed by atoms with Crippen LogP contribution in [0.3, 0.4) is 0 Å². The van der Waals surface area contributed by atoms with Crippen LogP contribution in [0, 0.1) is 13.8 Å². The number of para-hydroxylation sites is 2. The molecule has 0 aliphatic heterocycles. The van der Waals surface area contributed by atoms with E-state index in [1.165, 1.54) is 5.56 Å². The number of aryl methyl sites for hydroxylation is 2. The second-order valence-electron chi connectivity index (χ2n) is 7.45. The Morgan fingerprint density at radius 3 is 2.67 bits per heavy atom. The molecule has 3 aromatic heterocycles. The van der Waals surface area contributed by atoms with Crippen LogP contribution in [0.1, 0.15) is 31.1 Å². The predicted molar refractivity (Wildman–Crippen MR) is 110 cm³/mol. The van der Waals surface area contributed by atoms with E-state index in [9.17, 15) is 0 Å². The molecule has 0 saturated heterocycles. The molecule has 0 N–H and O–H groups in total. The zero-order chi connectivity index (χ0) is 18.7. The Labute approximate surface area is 157 Å². The molecular formula is C23H21N3O. The lowest BCUT2D eigenvalue weighted by atomic mass is 10.0. The lowest BCUT2D eigenvalue weighted by Crippen LogP contribution is -2.03. The number of hydrogen-bond donors (Lipinski definition) is 0. The average Bonchev–Trinajstić information content (AvgIpc) is 3.20. The van der Waals surface area contributed by atoms with Crippen LogP contribution in [-0.2, 0) is 0 Å². The Morgan fingerprint density at radius 2 is 1.85 bits per heavy atom. The molecule has 5 aromatic rings. The molecule has 0 aliphatic carbocycles. The van der Waals surface area contributed by atoms with Crippen LogP contribution in [-0.4, -0.2) is 14.5 Å². The third-order valence-corrected chi connectivity index (χ3v) is 5.20. The molecule has 3 heterocycles. The maximum Gasteiger partial charge on any atom is 0.146 e. The first-order valence-corrected chi connectivity index (χ1v) is 9.30. The van der Waals surface area contributed by atoms with Gasteiger partial charge in [0, 0.05) is 34.8 Å². The van der Waals surface area contributed by atoms with Crippen molar-refractivity contribution >= 4 is 33.0 Å². The SMILES string of the molecule is Cc1cc2oc3c(-c4nc5ccccc5n4C(C)C)ccc(C)c3c2cn1. The number of aromatic nitrogens is 3. The van der Waals surface area contributed by atoms with Crippen molar-refractivity contribution in [2.45, 2.75) is 33.7 Å². The van der Waals surface area contributed by atoms with Crippen molar-refractivity contribution in [1.29, 1.82) is 0 Å². The zero-order valence-corrected chi connectivity index (χ0v) is 15.9. The van der Waals surface area contributed by atoms with Gasteiger partial charge in [-0.2, -0.15) is 0 Å². The van der Waals surface area contributed by atoms with Gasteiger partial charge >= 0.3 is 0 Å². The predicted octanol–water partition coefficient (Wildman–Crippen LogP) is 6.20. The molecule has 0 fully saturated rings. The van der Waals surface area contributed by atoms with E-state index in [1.807, 2.05) is 25.3 Å². The smallest absolute Gasteiger partial charge is 0.146 e. The molecule has 27 heavy (non-hydrogen) atoms. The van der Waals surface area contributed by atoms with Gasteiger partial charge in [-0.15, -0.1) is 0 Å². The highest BCUT2D eigenvalue weighted by molar-refractivity contribution is 6.10.